The highest BCUT2D eigenvalue weighted by atomic mass is 32.2. The van der Waals surface area contributed by atoms with Crippen LogP contribution in [0.2, 0.25) is 0 Å². The Labute approximate surface area is 170 Å². The summed E-state index contributed by atoms with van der Waals surface area (Å²) in [4.78, 5) is 28.5. The van der Waals surface area contributed by atoms with Gasteiger partial charge in [0, 0.05) is 5.39 Å². The fourth-order valence-corrected chi connectivity index (χ4v) is 3.56. The number of nitrogens with zero attached hydrogens (tertiary/aromatic N) is 2. The van der Waals surface area contributed by atoms with Crippen molar-refractivity contribution in [1.29, 1.82) is 0 Å². The molecule has 0 unspecified atom stereocenters. The van der Waals surface area contributed by atoms with Gasteiger partial charge in [-0.15, -0.1) is 5.10 Å². The van der Waals surface area contributed by atoms with Crippen LogP contribution in [0.3, 0.4) is 0 Å². The van der Waals surface area contributed by atoms with Crippen LogP contribution in [0.1, 0.15) is 19.8 Å². The minimum atomic E-state index is -0.501. The summed E-state index contributed by atoms with van der Waals surface area (Å²) in [6.45, 7) is 2.45. The zero-order chi connectivity index (χ0) is 20.2. The van der Waals surface area contributed by atoms with Crippen molar-refractivity contribution < 1.29 is 13.9 Å². The van der Waals surface area contributed by atoms with Gasteiger partial charge in [-0.1, -0.05) is 55.4 Å². The standard InChI is InChI=1S/C21H19N3O4S/c1-2-3-10-27-18(25)12-29-21-22-19(23-24-21)16-11-15-14-7-5-4-6-13(14)8-9-17(15)28-20(16)26/h4-9,11H,2-3,10,12H2,1H3,(H,22,23,24). The van der Waals surface area contributed by atoms with Gasteiger partial charge in [0.05, 0.1) is 12.4 Å². The number of hydrogen-bond acceptors (Lipinski definition) is 7. The van der Waals surface area contributed by atoms with E-state index in [1.807, 2.05) is 37.3 Å². The first kappa shape index (κ1) is 19.2. The van der Waals surface area contributed by atoms with E-state index in [0.717, 1.165) is 40.8 Å². The first-order valence-corrected chi connectivity index (χ1v) is 10.3. The highest BCUT2D eigenvalue weighted by Gasteiger charge is 2.15. The molecule has 8 heteroatoms. The van der Waals surface area contributed by atoms with E-state index < -0.39 is 5.63 Å². The molecule has 2 heterocycles. The van der Waals surface area contributed by atoms with Gasteiger partial charge in [0.15, 0.2) is 5.82 Å². The molecule has 0 atom stereocenters. The summed E-state index contributed by atoms with van der Waals surface area (Å²) in [6.07, 6.45) is 1.81. The lowest BCUT2D eigenvalue weighted by Crippen LogP contribution is -2.08. The third-order valence-corrected chi connectivity index (χ3v) is 5.26. The number of nitrogens with one attached hydrogen (secondary N) is 1. The van der Waals surface area contributed by atoms with E-state index in [1.54, 1.807) is 12.1 Å². The number of benzene rings is 2. The molecule has 4 aromatic rings. The topological polar surface area (TPSA) is 98.1 Å². The van der Waals surface area contributed by atoms with Gasteiger partial charge in [-0.2, -0.15) is 0 Å². The highest BCUT2D eigenvalue weighted by molar-refractivity contribution is 7.99. The third kappa shape index (κ3) is 4.17. The average molecular weight is 409 g/mol. The van der Waals surface area contributed by atoms with Crippen molar-refractivity contribution in [3.05, 3.63) is 52.9 Å². The van der Waals surface area contributed by atoms with Gasteiger partial charge in [-0.25, -0.2) is 9.78 Å². The van der Waals surface area contributed by atoms with Crippen LogP contribution < -0.4 is 5.63 Å². The molecule has 1 N–H and O–H groups in total. The Balaban J connectivity index is 1.59. The number of aromatic amines is 1. The van der Waals surface area contributed by atoms with Crippen LogP contribution in [-0.2, 0) is 9.53 Å². The second-order valence-electron chi connectivity index (χ2n) is 6.48. The number of fused-ring (bicyclic) bond motifs is 3. The van der Waals surface area contributed by atoms with Gasteiger partial charge in [-0.05, 0) is 29.3 Å². The second kappa shape index (κ2) is 8.48. The van der Waals surface area contributed by atoms with E-state index in [1.165, 1.54) is 0 Å². The number of carbonyl (C=O) groups excluding carboxylic acids is 1. The first-order chi connectivity index (χ1) is 14.2. The van der Waals surface area contributed by atoms with Crippen LogP contribution in [0.5, 0.6) is 0 Å². The van der Waals surface area contributed by atoms with E-state index in [2.05, 4.69) is 15.2 Å². The number of unbranched alkanes of at least 4 members (excludes halogenated alkanes) is 1. The number of rotatable bonds is 7. The summed E-state index contributed by atoms with van der Waals surface area (Å²) in [7, 11) is 0. The lowest BCUT2D eigenvalue weighted by Gasteiger charge is -2.04. The van der Waals surface area contributed by atoms with E-state index in [-0.39, 0.29) is 11.7 Å². The van der Waals surface area contributed by atoms with Crippen molar-refractivity contribution >= 4 is 39.5 Å². The summed E-state index contributed by atoms with van der Waals surface area (Å²) >= 11 is 1.15. The molecule has 0 bridgehead atoms. The summed E-state index contributed by atoms with van der Waals surface area (Å²) in [6, 6.07) is 13.3. The molecule has 0 radical (unpaired) electrons. The van der Waals surface area contributed by atoms with Crippen LogP contribution in [0, 0.1) is 0 Å². The predicted octanol–water partition coefficient (Wildman–Crippen LogP) is 4.17. The molecule has 0 amide bonds. The number of thioether (sulfide) groups is 1. The molecule has 0 spiro atoms. The largest absolute Gasteiger partial charge is 0.465 e. The summed E-state index contributed by atoms with van der Waals surface area (Å²) in [5.41, 5.74) is 0.305. The van der Waals surface area contributed by atoms with Crippen LogP contribution in [0.4, 0.5) is 0 Å². The highest BCUT2D eigenvalue weighted by Crippen LogP contribution is 2.27. The van der Waals surface area contributed by atoms with Crippen molar-refractivity contribution in [2.24, 2.45) is 0 Å². The maximum atomic E-state index is 12.5. The molecule has 0 aliphatic rings. The molecular weight excluding hydrogens is 390 g/mol. The summed E-state index contributed by atoms with van der Waals surface area (Å²) < 4.78 is 10.6. The number of esters is 1. The van der Waals surface area contributed by atoms with Gasteiger partial charge < -0.3 is 9.15 Å². The van der Waals surface area contributed by atoms with Crippen molar-refractivity contribution in [2.75, 3.05) is 12.4 Å². The van der Waals surface area contributed by atoms with E-state index >= 15 is 0 Å². The van der Waals surface area contributed by atoms with Crippen LogP contribution in [-0.4, -0.2) is 33.5 Å². The third-order valence-electron chi connectivity index (χ3n) is 4.44. The average Bonchev–Trinajstić information content (AvgIpc) is 3.20. The quantitative estimate of drug-likeness (QED) is 0.161. The van der Waals surface area contributed by atoms with E-state index in [9.17, 15) is 9.59 Å². The first-order valence-electron chi connectivity index (χ1n) is 9.32. The Kier molecular flexibility index (Phi) is 5.62. The predicted molar refractivity (Wildman–Crippen MR) is 112 cm³/mol. The lowest BCUT2D eigenvalue weighted by atomic mass is 10.0. The maximum absolute atomic E-state index is 12.5. The molecule has 2 aromatic heterocycles. The fraction of sp³-hybridized carbons (Fsp3) is 0.238. The Bertz CT molecular complexity index is 1230. The number of aromatic nitrogens is 3. The molecule has 0 aliphatic heterocycles. The minimum absolute atomic E-state index is 0.109. The number of ether oxygens (including phenoxy) is 1. The molecular formula is C21H19N3O4S. The number of carbonyl (C=O) groups is 1. The van der Waals surface area contributed by atoms with Crippen molar-refractivity contribution in [3.63, 3.8) is 0 Å². The normalized spacial score (nSPS) is 11.2. The van der Waals surface area contributed by atoms with E-state index in [0.29, 0.717) is 28.7 Å². The van der Waals surface area contributed by atoms with Gasteiger partial charge in [0.2, 0.25) is 5.16 Å². The van der Waals surface area contributed by atoms with Crippen LogP contribution in [0.25, 0.3) is 33.1 Å². The smallest absolute Gasteiger partial charge is 0.347 e. The minimum Gasteiger partial charge on any atom is -0.465 e. The SMILES string of the molecule is CCCCOC(=O)CSc1n[nH]c(-c2cc3c(ccc4ccccc43)oc2=O)n1. The van der Waals surface area contributed by atoms with Gasteiger partial charge in [-0.3, -0.25) is 9.89 Å². The Morgan fingerprint density at radius 1 is 1.21 bits per heavy atom. The van der Waals surface area contributed by atoms with E-state index in [4.69, 9.17) is 9.15 Å². The molecule has 4 rings (SSSR count). The summed E-state index contributed by atoms with van der Waals surface area (Å²) in [5, 5.41) is 10.1. The lowest BCUT2D eigenvalue weighted by molar-refractivity contribution is -0.140. The Hall–Kier alpha value is -3.13. The fourth-order valence-electron chi connectivity index (χ4n) is 2.96. The van der Waals surface area contributed by atoms with Crippen LogP contribution >= 0.6 is 11.8 Å². The zero-order valence-corrected chi connectivity index (χ0v) is 16.6. The Morgan fingerprint density at radius 3 is 2.93 bits per heavy atom. The zero-order valence-electron chi connectivity index (χ0n) is 15.8. The van der Waals surface area contributed by atoms with Gasteiger partial charge in [0.1, 0.15) is 11.1 Å². The number of hydrogen-bond donors (Lipinski definition) is 1. The molecule has 29 heavy (non-hydrogen) atoms. The molecule has 0 aliphatic carbocycles. The van der Waals surface area contributed by atoms with Crippen molar-refractivity contribution in [1.82, 2.24) is 15.2 Å². The molecule has 148 valence electrons. The molecule has 7 nitrogen and oxygen atoms in total. The summed E-state index contributed by atoms with van der Waals surface area (Å²) in [5.74, 6) is 0.0970. The van der Waals surface area contributed by atoms with Crippen molar-refractivity contribution in [2.45, 2.75) is 24.9 Å². The van der Waals surface area contributed by atoms with Gasteiger partial charge in [0.25, 0.3) is 0 Å². The van der Waals surface area contributed by atoms with Crippen molar-refractivity contribution in [3.8, 4) is 11.4 Å². The van der Waals surface area contributed by atoms with Crippen LogP contribution in [0.15, 0.2) is 56.8 Å². The Morgan fingerprint density at radius 2 is 2.07 bits per heavy atom. The molecule has 0 saturated heterocycles. The molecule has 0 saturated carbocycles. The number of H-pyrrole nitrogens is 1. The second-order valence-corrected chi connectivity index (χ2v) is 7.42. The molecule has 0 fully saturated rings. The van der Waals surface area contributed by atoms with Gasteiger partial charge >= 0.3 is 11.6 Å². The molecule has 2 aromatic carbocycles. The maximum Gasteiger partial charge on any atom is 0.347 e. The monoisotopic (exact) mass is 409 g/mol.